The fourth-order valence-electron chi connectivity index (χ4n) is 4.00. The number of carbonyl (C=O) groups excluding carboxylic acids is 1. The predicted molar refractivity (Wildman–Crippen MR) is 104 cm³/mol. The van der Waals surface area contributed by atoms with E-state index < -0.39 is 0 Å². The van der Waals surface area contributed by atoms with Crippen LogP contribution in [0, 0.1) is 5.82 Å². The molecule has 4 rings (SSSR count). The van der Waals surface area contributed by atoms with Gasteiger partial charge in [0.05, 0.1) is 11.4 Å². The Bertz CT molecular complexity index is 824. The summed E-state index contributed by atoms with van der Waals surface area (Å²) < 4.78 is 21.3. The lowest BCUT2D eigenvalue weighted by atomic mass is 10.0. The van der Waals surface area contributed by atoms with Gasteiger partial charge in [-0.3, -0.25) is 14.4 Å². The Morgan fingerprint density at radius 3 is 2.79 bits per heavy atom. The summed E-state index contributed by atoms with van der Waals surface area (Å²) in [6.07, 6.45) is 3.39. The highest BCUT2D eigenvalue weighted by Crippen LogP contribution is 2.23. The number of rotatable bonds is 5. The van der Waals surface area contributed by atoms with Crippen LogP contribution in [0.4, 0.5) is 4.39 Å². The highest BCUT2D eigenvalue weighted by atomic mass is 19.1. The molecule has 0 spiro atoms. The van der Waals surface area contributed by atoms with Crippen molar-refractivity contribution in [1.82, 2.24) is 20.0 Å². The fraction of sp³-hybridized carbons (Fsp3) is 0.524. The molecule has 28 heavy (non-hydrogen) atoms. The number of hydrogen-bond acceptors (Lipinski definition) is 4. The molecular formula is C21H27FN4O2. The van der Waals surface area contributed by atoms with E-state index in [-0.39, 0.29) is 23.9 Å². The number of nitrogens with zero attached hydrogens (tertiary/aromatic N) is 3. The quantitative estimate of drug-likeness (QED) is 0.858. The van der Waals surface area contributed by atoms with Gasteiger partial charge in [0.25, 0.3) is 0 Å². The van der Waals surface area contributed by atoms with Crippen LogP contribution < -0.4 is 5.32 Å². The molecule has 1 atom stereocenters. The zero-order valence-corrected chi connectivity index (χ0v) is 16.2. The molecule has 150 valence electrons. The lowest BCUT2D eigenvalue weighted by molar-refractivity contribution is -0.131. The molecule has 3 heterocycles. The van der Waals surface area contributed by atoms with Crippen molar-refractivity contribution in [1.29, 1.82) is 0 Å². The molecule has 1 amide bonds. The highest BCUT2D eigenvalue weighted by Gasteiger charge is 2.27. The van der Waals surface area contributed by atoms with Crippen LogP contribution in [0.25, 0.3) is 11.3 Å². The van der Waals surface area contributed by atoms with E-state index in [2.05, 4.69) is 15.3 Å². The number of aromatic nitrogens is 2. The van der Waals surface area contributed by atoms with E-state index in [1.165, 1.54) is 6.07 Å². The van der Waals surface area contributed by atoms with Gasteiger partial charge in [0.1, 0.15) is 11.9 Å². The van der Waals surface area contributed by atoms with Crippen LogP contribution in [0.5, 0.6) is 0 Å². The Hall–Kier alpha value is -2.25. The predicted octanol–water partition coefficient (Wildman–Crippen LogP) is 2.49. The van der Waals surface area contributed by atoms with Crippen molar-refractivity contribution >= 4 is 5.91 Å². The molecule has 2 aromatic rings. The third-order valence-electron chi connectivity index (χ3n) is 5.67. The maximum Gasteiger partial charge on any atom is 0.249 e. The highest BCUT2D eigenvalue weighted by molar-refractivity contribution is 5.81. The first-order valence-corrected chi connectivity index (χ1v) is 10.0. The van der Waals surface area contributed by atoms with E-state index in [1.807, 2.05) is 23.9 Å². The summed E-state index contributed by atoms with van der Waals surface area (Å²) in [6.45, 7) is 3.29. The maximum atomic E-state index is 14.0. The summed E-state index contributed by atoms with van der Waals surface area (Å²) in [5.41, 5.74) is 2.24. The molecule has 1 unspecified atom stereocenters. The molecule has 1 aromatic heterocycles. The van der Waals surface area contributed by atoms with Gasteiger partial charge in [0.2, 0.25) is 5.91 Å². The average Bonchev–Trinajstić information content (AvgIpc) is 3.34. The Morgan fingerprint density at radius 1 is 1.29 bits per heavy atom. The molecule has 0 saturated carbocycles. The lowest BCUT2D eigenvalue weighted by Gasteiger charge is -2.32. The number of ether oxygens (including phenoxy) is 1. The third-order valence-corrected chi connectivity index (χ3v) is 5.67. The van der Waals surface area contributed by atoms with Gasteiger partial charge in [0.15, 0.2) is 0 Å². The minimum absolute atomic E-state index is 0.0390. The first-order valence-electron chi connectivity index (χ1n) is 10.0. The van der Waals surface area contributed by atoms with E-state index >= 15 is 0 Å². The van der Waals surface area contributed by atoms with Gasteiger partial charge in [-0.2, -0.15) is 5.10 Å². The Morgan fingerprint density at radius 2 is 2.07 bits per heavy atom. The van der Waals surface area contributed by atoms with Crippen molar-refractivity contribution < 1.29 is 13.9 Å². The smallest absolute Gasteiger partial charge is 0.249 e. The number of amides is 1. The van der Waals surface area contributed by atoms with Gasteiger partial charge in [-0.1, -0.05) is 12.1 Å². The molecule has 7 heteroatoms. The fourth-order valence-corrected chi connectivity index (χ4v) is 4.00. The van der Waals surface area contributed by atoms with Crippen LogP contribution >= 0.6 is 0 Å². The summed E-state index contributed by atoms with van der Waals surface area (Å²) in [6, 6.07) is 8.90. The number of benzene rings is 1. The summed E-state index contributed by atoms with van der Waals surface area (Å²) in [5, 5.41) is 7.62. The number of hydrogen-bond donors (Lipinski definition) is 1. The van der Waals surface area contributed by atoms with Crippen LogP contribution in [-0.4, -0.2) is 52.4 Å². The third kappa shape index (κ3) is 4.25. The molecule has 1 N–H and O–H groups in total. The van der Waals surface area contributed by atoms with Crippen molar-refractivity contribution in [2.75, 3.05) is 19.7 Å². The van der Waals surface area contributed by atoms with Crippen molar-refractivity contribution in [3.8, 4) is 11.3 Å². The van der Waals surface area contributed by atoms with Crippen LogP contribution in [0.3, 0.4) is 0 Å². The van der Waals surface area contributed by atoms with E-state index in [4.69, 9.17) is 4.74 Å². The zero-order valence-electron chi connectivity index (χ0n) is 16.2. The van der Waals surface area contributed by atoms with Crippen LogP contribution in [-0.2, 0) is 23.1 Å². The number of likely N-dealkylation sites (tertiary alicyclic amines) is 1. The topological polar surface area (TPSA) is 59.4 Å². The summed E-state index contributed by atoms with van der Waals surface area (Å²) in [5.74, 6) is -0.216. The molecule has 0 bridgehead atoms. The summed E-state index contributed by atoms with van der Waals surface area (Å²) in [7, 11) is 1.90. The van der Waals surface area contributed by atoms with E-state index in [0.29, 0.717) is 17.9 Å². The number of halogens is 1. The first kappa shape index (κ1) is 19.1. The first-order chi connectivity index (χ1) is 13.6. The second-order valence-corrected chi connectivity index (χ2v) is 7.69. The number of carbonyl (C=O) groups is 1. The molecule has 1 aromatic carbocycles. The number of nitrogens with one attached hydrogen (secondary N) is 1. The molecule has 6 nitrogen and oxygen atoms in total. The minimum atomic E-state index is -0.260. The standard InChI is InChI=1S/C21H27FN4O2/c1-25-16(13-19(24-25)17-5-2-3-6-18(17)22)14-26-10-8-15(9-11-26)23-21(27)20-7-4-12-28-20/h2-3,5-6,13,15,20H,4,7-12,14H2,1H3,(H,23,27). The van der Waals surface area contributed by atoms with Crippen molar-refractivity contribution in [2.45, 2.75) is 44.4 Å². The summed E-state index contributed by atoms with van der Waals surface area (Å²) in [4.78, 5) is 14.6. The molecule has 2 aliphatic heterocycles. The second kappa shape index (κ2) is 8.41. The van der Waals surface area contributed by atoms with E-state index in [1.54, 1.807) is 12.1 Å². The van der Waals surface area contributed by atoms with Crippen molar-refractivity contribution in [2.24, 2.45) is 7.05 Å². The van der Waals surface area contributed by atoms with Crippen molar-refractivity contribution in [3.05, 3.63) is 41.8 Å². The van der Waals surface area contributed by atoms with Gasteiger partial charge >= 0.3 is 0 Å². The van der Waals surface area contributed by atoms with Crippen molar-refractivity contribution in [3.63, 3.8) is 0 Å². The largest absolute Gasteiger partial charge is 0.368 e. The molecular weight excluding hydrogens is 359 g/mol. The maximum absolute atomic E-state index is 14.0. The Kier molecular flexibility index (Phi) is 5.73. The minimum Gasteiger partial charge on any atom is -0.368 e. The Balaban J connectivity index is 1.31. The van der Waals surface area contributed by atoms with E-state index in [0.717, 1.165) is 51.0 Å². The van der Waals surface area contributed by atoms with Crippen LogP contribution in [0.15, 0.2) is 30.3 Å². The van der Waals surface area contributed by atoms with Crippen LogP contribution in [0.2, 0.25) is 0 Å². The van der Waals surface area contributed by atoms with E-state index in [9.17, 15) is 9.18 Å². The average molecular weight is 386 g/mol. The lowest BCUT2D eigenvalue weighted by Crippen LogP contribution is -2.47. The molecule has 2 aliphatic rings. The van der Waals surface area contributed by atoms with Gasteiger partial charge < -0.3 is 10.1 Å². The second-order valence-electron chi connectivity index (χ2n) is 7.69. The molecule has 2 fully saturated rings. The number of piperidine rings is 1. The zero-order chi connectivity index (χ0) is 19.5. The van der Waals surface area contributed by atoms with Gasteiger partial charge in [-0.25, -0.2) is 4.39 Å². The normalized spacial score (nSPS) is 21.1. The van der Waals surface area contributed by atoms with Gasteiger partial charge in [-0.15, -0.1) is 0 Å². The monoisotopic (exact) mass is 386 g/mol. The summed E-state index contributed by atoms with van der Waals surface area (Å²) >= 11 is 0. The molecule has 2 saturated heterocycles. The van der Waals surface area contributed by atoms with Gasteiger partial charge in [0, 0.05) is 44.9 Å². The molecule has 0 radical (unpaired) electrons. The molecule has 0 aliphatic carbocycles. The number of aryl methyl sites for hydroxylation is 1. The SMILES string of the molecule is Cn1nc(-c2ccccc2F)cc1CN1CCC(NC(=O)C2CCCO2)CC1. The Labute approximate surface area is 164 Å². The van der Waals surface area contributed by atoms with Crippen LogP contribution in [0.1, 0.15) is 31.4 Å². The van der Waals surface area contributed by atoms with Gasteiger partial charge in [-0.05, 0) is 43.9 Å².